The van der Waals surface area contributed by atoms with Gasteiger partial charge in [0, 0.05) is 44.5 Å². The van der Waals surface area contributed by atoms with Gasteiger partial charge in [0.15, 0.2) is 0 Å². The van der Waals surface area contributed by atoms with Crippen LogP contribution in [0.25, 0.3) is 11.3 Å². The third-order valence-corrected chi connectivity index (χ3v) is 6.13. The molecule has 0 spiro atoms. The maximum absolute atomic E-state index is 14.1. The van der Waals surface area contributed by atoms with Crippen molar-refractivity contribution in [3.63, 3.8) is 0 Å². The summed E-state index contributed by atoms with van der Waals surface area (Å²) in [4.78, 5) is 15.0. The maximum Gasteiger partial charge on any atom is 0.224 e. The summed E-state index contributed by atoms with van der Waals surface area (Å²) in [7, 11) is 1.90. The predicted octanol–water partition coefficient (Wildman–Crippen LogP) is 3.15. The van der Waals surface area contributed by atoms with E-state index in [-0.39, 0.29) is 23.7 Å². The zero-order valence-corrected chi connectivity index (χ0v) is 19.0. The lowest BCUT2D eigenvalue weighted by Crippen LogP contribution is -2.46. The molecule has 1 amide bonds. The van der Waals surface area contributed by atoms with E-state index in [9.17, 15) is 9.18 Å². The molecule has 8 heteroatoms. The van der Waals surface area contributed by atoms with Gasteiger partial charge in [-0.1, -0.05) is 19.1 Å². The fourth-order valence-corrected chi connectivity index (χ4v) is 4.19. The van der Waals surface area contributed by atoms with Crippen molar-refractivity contribution in [2.24, 2.45) is 13.0 Å². The van der Waals surface area contributed by atoms with Gasteiger partial charge in [-0.25, -0.2) is 4.39 Å². The molecule has 0 radical (unpaired) electrons. The molecule has 1 atom stereocenters. The predicted molar refractivity (Wildman–Crippen MR) is 121 cm³/mol. The van der Waals surface area contributed by atoms with Gasteiger partial charge >= 0.3 is 0 Å². The number of halogens is 1. The number of nitrogens with zero attached hydrogens (tertiary/aromatic N) is 5. The second kappa shape index (κ2) is 9.65. The largest absolute Gasteiger partial charge is 0.353 e. The summed E-state index contributed by atoms with van der Waals surface area (Å²) >= 11 is 0. The first-order valence-corrected chi connectivity index (χ1v) is 11.2. The van der Waals surface area contributed by atoms with Crippen LogP contribution in [-0.4, -0.2) is 49.5 Å². The summed E-state index contributed by atoms with van der Waals surface area (Å²) in [5.74, 6) is -0.304. The minimum absolute atomic E-state index is 0.0813. The molecule has 0 unspecified atom stereocenters. The Hall–Kier alpha value is -3.00. The molecule has 170 valence electrons. The smallest absolute Gasteiger partial charge is 0.224 e. The number of piperidine rings is 1. The van der Waals surface area contributed by atoms with Crippen molar-refractivity contribution in [1.82, 2.24) is 29.8 Å². The van der Waals surface area contributed by atoms with Gasteiger partial charge in [0.1, 0.15) is 5.82 Å². The Kier molecular flexibility index (Phi) is 6.69. The van der Waals surface area contributed by atoms with E-state index in [4.69, 9.17) is 0 Å². The highest BCUT2D eigenvalue weighted by atomic mass is 19.1. The second-order valence-electron chi connectivity index (χ2n) is 8.76. The first-order chi connectivity index (χ1) is 15.4. The third-order valence-electron chi connectivity index (χ3n) is 6.13. The summed E-state index contributed by atoms with van der Waals surface area (Å²) in [6, 6.07) is 10.8. The van der Waals surface area contributed by atoms with E-state index >= 15 is 0 Å². The second-order valence-corrected chi connectivity index (χ2v) is 8.76. The molecular weight excluding hydrogens is 407 g/mol. The van der Waals surface area contributed by atoms with Crippen molar-refractivity contribution >= 4 is 5.91 Å². The number of carbonyl (C=O) groups is 1. The van der Waals surface area contributed by atoms with E-state index < -0.39 is 0 Å². The van der Waals surface area contributed by atoms with Crippen molar-refractivity contribution < 1.29 is 9.18 Å². The normalized spacial score (nSPS) is 16.2. The monoisotopic (exact) mass is 438 g/mol. The Morgan fingerprint density at radius 2 is 1.97 bits per heavy atom. The topological polar surface area (TPSA) is 68.0 Å². The molecule has 7 nitrogen and oxygen atoms in total. The molecule has 1 saturated heterocycles. The quantitative estimate of drug-likeness (QED) is 0.615. The van der Waals surface area contributed by atoms with Gasteiger partial charge < -0.3 is 5.32 Å². The molecule has 3 heterocycles. The van der Waals surface area contributed by atoms with Crippen LogP contribution < -0.4 is 5.32 Å². The molecule has 0 aliphatic carbocycles. The molecule has 1 N–H and O–H groups in total. The van der Waals surface area contributed by atoms with Crippen LogP contribution in [-0.2, 0) is 24.9 Å². The zero-order valence-electron chi connectivity index (χ0n) is 19.0. The fraction of sp³-hybridized carbons (Fsp3) is 0.458. The minimum Gasteiger partial charge on any atom is -0.353 e. The highest BCUT2D eigenvalue weighted by Gasteiger charge is 2.24. The summed E-state index contributed by atoms with van der Waals surface area (Å²) in [5.41, 5.74) is 3.19. The highest BCUT2D eigenvalue weighted by molar-refractivity contribution is 5.78. The summed E-state index contributed by atoms with van der Waals surface area (Å²) in [6.45, 7) is 7.03. The minimum atomic E-state index is -0.259. The Labute approximate surface area is 188 Å². The number of aromatic nitrogens is 4. The lowest BCUT2D eigenvalue weighted by Gasteiger charge is -2.32. The van der Waals surface area contributed by atoms with E-state index in [2.05, 4.69) is 20.4 Å². The fourth-order valence-electron chi connectivity index (χ4n) is 4.19. The Balaban J connectivity index is 1.27. The van der Waals surface area contributed by atoms with Crippen molar-refractivity contribution in [3.05, 3.63) is 59.8 Å². The average Bonchev–Trinajstić information content (AvgIpc) is 3.34. The van der Waals surface area contributed by atoms with Crippen molar-refractivity contribution in [3.8, 4) is 11.3 Å². The molecule has 1 aliphatic heterocycles. The van der Waals surface area contributed by atoms with Crippen molar-refractivity contribution in [2.45, 2.75) is 45.8 Å². The number of hydrogen-bond donors (Lipinski definition) is 1. The zero-order chi connectivity index (χ0) is 22.7. The number of benzene rings is 1. The highest BCUT2D eigenvalue weighted by Crippen LogP contribution is 2.23. The SMILES string of the molecule is Cc1ccn(C[C@H](C)C(=O)NC2CCN(Cc3cc(-c4ccccc4F)nn3C)CC2)n1. The van der Waals surface area contributed by atoms with E-state index in [1.807, 2.05) is 54.7 Å². The van der Waals surface area contributed by atoms with E-state index in [1.54, 1.807) is 12.1 Å². The number of hydrogen-bond acceptors (Lipinski definition) is 4. The van der Waals surface area contributed by atoms with Crippen LogP contribution in [0.1, 0.15) is 31.2 Å². The van der Waals surface area contributed by atoms with Crippen LogP contribution in [0.2, 0.25) is 0 Å². The van der Waals surface area contributed by atoms with Gasteiger partial charge in [-0.15, -0.1) is 0 Å². The van der Waals surface area contributed by atoms with Crippen LogP contribution in [0.3, 0.4) is 0 Å². The molecule has 1 aliphatic rings. The molecule has 4 rings (SSSR count). The molecule has 2 aromatic heterocycles. The number of carbonyl (C=O) groups excluding carboxylic acids is 1. The Morgan fingerprint density at radius 1 is 1.22 bits per heavy atom. The standard InChI is InChI=1S/C24H31FN6O/c1-17(15-31-13-8-18(2)27-31)24(32)26-19-9-11-30(12-10-19)16-20-14-23(28-29(20)3)21-6-4-5-7-22(21)25/h4-8,13-14,17,19H,9-12,15-16H2,1-3H3,(H,26,32)/t17-/m0/s1. The summed E-state index contributed by atoms with van der Waals surface area (Å²) in [5, 5.41) is 12.1. The summed E-state index contributed by atoms with van der Waals surface area (Å²) < 4.78 is 17.8. The molecule has 3 aromatic rings. The molecule has 1 aromatic carbocycles. The number of aryl methyl sites for hydroxylation is 2. The number of likely N-dealkylation sites (tertiary alicyclic amines) is 1. The molecule has 0 saturated carbocycles. The first kappa shape index (κ1) is 22.2. The van der Waals surface area contributed by atoms with Gasteiger partial charge in [0.2, 0.25) is 5.91 Å². The van der Waals surface area contributed by atoms with E-state index in [0.29, 0.717) is 17.8 Å². The Bertz CT molecular complexity index is 1070. The lowest BCUT2D eigenvalue weighted by atomic mass is 10.0. The Morgan fingerprint density at radius 3 is 2.66 bits per heavy atom. The van der Waals surface area contributed by atoms with Crippen molar-refractivity contribution in [2.75, 3.05) is 13.1 Å². The van der Waals surface area contributed by atoms with Gasteiger partial charge in [0.05, 0.1) is 29.5 Å². The van der Waals surface area contributed by atoms with Gasteiger partial charge in [-0.3, -0.25) is 19.1 Å². The number of amides is 1. The van der Waals surface area contributed by atoms with Crippen LogP contribution in [0.15, 0.2) is 42.6 Å². The van der Waals surface area contributed by atoms with Gasteiger partial charge in [0.25, 0.3) is 0 Å². The average molecular weight is 439 g/mol. The molecule has 0 bridgehead atoms. The molecule has 32 heavy (non-hydrogen) atoms. The maximum atomic E-state index is 14.1. The van der Waals surface area contributed by atoms with Gasteiger partial charge in [-0.2, -0.15) is 10.2 Å². The van der Waals surface area contributed by atoms with E-state index in [1.165, 1.54) is 6.07 Å². The van der Waals surface area contributed by atoms with Gasteiger partial charge in [-0.05, 0) is 44.0 Å². The number of rotatable bonds is 7. The molecule has 1 fully saturated rings. The first-order valence-electron chi connectivity index (χ1n) is 11.2. The van der Waals surface area contributed by atoms with E-state index in [0.717, 1.165) is 43.9 Å². The third kappa shape index (κ3) is 5.24. The van der Waals surface area contributed by atoms with Crippen LogP contribution >= 0.6 is 0 Å². The molecular formula is C24H31FN6O. The summed E-state index contributed by atoms with van der Waals surface area (Å²) in [6.07, 6.45) is 3.74. The number of nitrogens with one attached hydrogen (secondary N) is 1. The lowest BCUT2D eigenvalue weighted by molar-refractivity contribution is -0.126. The van der Waals surface area contributed by atoms with Crippen molar-refractivity contribution in [1.29, 1.82) is 0 Å². The van der Waals surface area contributed by atoms with Crippen LogP contribution in [0.4, 0.5) is 4.39 Å². The van der Waals surface area contributed by atoms with Crippen LogP contribution in [0.5, 0.6) is 0 Å². The van der Waals surface area contributed by atoms with Crippen LogP contribution in [0, 0.1) is 18.7 Å².